The number of ether oxygens (including phenoxy) is 1. The van der Waals surface area contributed by atoms with Crippen LogP contribution in [0.3, 0.4) is 0 Å². The van der Waals surface area contributed by atoms with Gasteiger partial charge in [0.25, 0.3) is 0 Å². The highest BCUT2D eigenvalue weighted by Gasteiger charge is 2.48. The Hall–Kier alpha value is -1.26. The van der Waals surface area contributed by atoms with Crippen molar-refractivity contribution in [2.24, 2.45) is 5.41 Å². The summed E-state index contributed by atoms with van der Waals surface area (Å²) >= 11 is 6.10. The first-order valence-electron chi connectivity index (χ1n) is 9.10. The lowest BCUT2D eigenvalue weighted by Gasteiger charge is -2.28. The van der Waals surface area contributed by atoms with E-state index in [2.05, 4.69) is 10.6 Å². The minimum atomic E-state index is -0.144. The Kier molecular flexibility index (Phi) is 6.01. The van der Waals surface area contributed by atoms with Gasteiger partial charge in [0.05, 0.1) is 16.1 Å². The molecule has 1 spiro atoms. The van der Waals surface area contributed by atoms with E-state index >= 15 is 0 Å². The minimum Gasteiger partial charge on any atom is -0.462 e. The van der Waals surface area contributed by atoms with Gasteiger partial charge in [-0.2, -0.15) is 0 Å². The lowest BCUT2D eigenvalue weighted by molar-refractivity contribution is -0.150. The second-order valence-electron chi connectivity index (χ2n) is 7.02. The predicted molar refractivity (Wildman–Crippen MR) is 97.4 cm³/mol. The number of cyclic esters (lactones) is 1. The van der Waals surface area contributed by atoms with Gasteiger partial charge in [-0.25, -0.2) is 0 Å². The number of halogens is 1. The number of carbonyl (C=O) groups excluding carboxylic acids is 1. The first-order chi connectivity index (χ1) is 11.7. The average molecular weight is 351 g/mol. The zero-order valence-corrected chi connectivity index (χ0v) is 14.9. The lowest BCUT2D eigenvalue weighted by atomic mass is 9.72. The number of nitrogens with one attached hydrogen (secondary N) is 2. The second-order valence-corrected chi connectivity index (χ2v) is 7.42. The summed E-state index contributed by atoms with van der Waals surface area (Å²) in [5.74, 6) is 0.0626. The van der Waals surface area contributed by atoms with Gasteiger partial charge in [-0.15, -0.1) is 0 Å². The average Bonchev–Trinajstić information content (AvgIpc) is 2.88. The van der Waals surface area contributed by atoms with Crippen LogP contribution in [0.2, 0.25) is 5.02 Å². The van der Waals surface area contributed by atoms with Gasteiger partial charge < -0.3 is 15.4 Å². The van der Waals surface area contributed by atoms with Gasteiger partial charge in [-0.05, 0) is 37.9 Å². The Balaban J connectivity index is 1.31. The highest BCUT2D eigenvalue weighted by Crippen LogP contribution is 2.46. The van der Waals surface area contributed by atoms with Crippen LogP contribution in [0.5, 0.6) is 0 Å². The number of rotatable bonds is 7. The molecule has 0 aromatic heterocycles. The summed E-state index contributed by atoms with van der Waals surface area (Å²) < 4.78 is 5.63. The number of hydrogen-bond donors (Lipinski definition) is 2. The van der Waals surface area contributed by atoms with E-state index in [1.807, 2.05) is 24.3 Å². The van der Waals surface area contributed by atoms with Gasteiger partial charge in [-0.3, -0.25) is 4.79 Å². The molecule has 132 valence electrons. The van der Waals surface area contributed by atoms with E-state index in [-0.39, 0.29) is 17.5 Å². The lowest BCUT2D eigenvalue weighted by Crippen LogP contribution is -2.29. The Morgan fingerprint density at radius 1 is 1.12 bits per heavy atom. The van der Waals surface area contributed by atoms with Crippen LogP contribution in [0.4, 0.5) is 5.69 Å². The zero-order chi connectivity index (χ0) is 16.8. The normalized spacial score (nSPS) is 22.5. The number of anilines is 1. The third-order valence-electron chi connectivity index (χ3n) is 5.27. The summed E-state index contributed by atoms with van der Waals surface area (Å²) in [6, 6.07) is 7.75. The monoisotopic (exact) mass is 350 g/mol. The molecule has 0 bridgehead atoms. The van der Waals surface area contributed by atoms with Crippen LogP contribution in [0.15, 0.2) is 24.3 Å². The molecule has 1 saturated carbocycles. The van der Waals surface area contributed by atoms with Crippen molar-refractivity contribution in [2.75, 3.05) is 25.0 Å². The highest BCUT2D eigenvalue weighted by atomic mass is 35.5. The second kappa shape index (κ2) is 8.21. The van der Waals surface area contributed by atoms with Gasteiger partial charge >= 0.3 is 5.97 Å². The van der Waals surface area contributed by atoms with Crippen molar-refractivity contribution < 1.29 is 9.53 Å². The summed E-state index contributed by atoms with van der Waals surface area (Å²) in [5, 5.41) is 7.47. The smallest absolute Gasteiger partial charge is 0.312 e. The van der Waals surface area contributed by atoms with Gasteiger partial charge in [0.1, 0.15) is 6.10 Å². The van der Waals surface area contributed by atoms with E-state index in [1.54, 1.807) is 0 Å². The Morgan fingerprint density at radius 3 is 2.71 bits per heavy atom. The third-order valence-corrected chi connectivity index (χ3v) is 5.60. The summed E-state index contributed by atoms with van der Waals surface area (Å²) in [6.07, 6.45) is 7.58. The van der Waals surface area contributed by atoms with Crippen LogP contribution < -0.4 is 10.6 Å². The topological polar surface area (TPSA) is 50.4 Å². The number of hydrogen-bond acceptors (Lipinski definition) is 4. The van der Waals surface area contributed by atoms with E-state index in [1.165, 1.54) is 19.3 Å². The maximum atomic E-state index is 12.2. The Bertz CT molecular complexity index is 558. The Morgan fingerprint density at radius 2 is 1.92 bits per heavy atom. The first-order valence-corrected chi connectivity index (χ1v) is 9.48. The fourth-order valence-corrected chi connectivity index (χ4v) is 4.12. The van der Waals surface area contributed by atoms with Crippen LogP contribution >= 0.6 is 11.6 Å². The summed E-state index contributed by atoms with van der Waals surface area (Å²) in [7, 11) is 0. The predicted octanol–water partition coefficient (Wildman–Crippen LogP) is 4.00. The summed E-state index contributed by atoms with van der Waals surface area (Å²) in [5.41, 5.74) is 0.819. The van der Waals surface area contributed by atoms with E-state index in [0.29, 0.717) is 0 Å². The number of para-hydroxylation sites is 1. The fourth-order valence-electron chi connectivity index (χ4n) is 3.91. The molecular weight excluding hydrogens is 324 g/mol. The molecular formula is C19H27ClN2O2. The molecule has 2 N–H and O–H groups in total. The van der Waals surface area contributed by atoms with Crippen LogP contribution in [-0.4, -0.2) is 31.7 Å². The van der Waals surface area contributed by atoms with Gasteiger partial charge in [-0.1, -0.05) is 43.0 Å². The molecule has 0 radical (unpaired) electrons. The zero-order valence-electron chi connectivity index (χ0n) is 14.2. The molecule has 2 aliphatic rings. The largest absolute Gasteiger partial charge is 0.462 e. The molecule has 1 aromatic carbocycles. The van der Waals surface area contributed by atoms with Crippen molar-refractivity contribution >= 4 is 23.3 Å². The number of benzene rings is 1. The van der Waals surface area contributed by atoms with Crippen molar-refractivity contribution in [3.05, 3.63) is 29.3 Å². The van der Waals surface area contributed by atoms with Crippen LogP contribution in [0.1, 0.15) is 44.9 Å². The molecule has 1 aliphatic heterocycles. The van der Waals surface area contributed by atoms with Gasteiger partial charge in [0.2, 0.25) is 0 Å². The fraction of sp³-hybridized carbons (Fsp3) is 0.632. The number of esters is 1. The molecule has 0 amide bonds. The number of carbonyl (C=O) groups is 1. The van der Waals surface area contributed by atoms with Crippen molar-refractivity contribution in [3.8, 4) is 0 Å². The molecule has 3 rings (SSSR count). The molecule has 1 aliphatic carbocycles. The first kappa shape index (κ1) is 17.6. The van der Waals surface area contributed by atoms with Gasteiger partial charge in [0.15, 0.2) is 0 Å². The van der Waals surface area contributed by atoms with Crippen molar-refractivity contribution in [1.82, 2.24) is 5.32 Å². The molecule has 1 heterocycles. The summed E-state index contributed by atoms with van der Waals surface area (Å²) in [4.78, 5) is 12.2. The van der Waals surface area contributed by atoms with Crippen LogP contribution in [0.25, 0.3) is 0 Å². The standard InChI is InChI=1S/C19H27ClN2O2/c20-16-6-2-3-7-17(16)22-13-12-21-11-8-15-14-19(18(23)24-15)9-4-1-5-10-19/h2-3,6-7,15,21-22H,1,4-5,8-14H2. The van der Waals surface area contributed by atoms with Crippen molar-refractivity contribution in [1.29, 1.82) is 0 Å². The maximum absolute atomic E-state index is 12.2. The molecule has 2 fully saturated rings. The van der Waals surface area contributed by atoms with Crippen molar-refractivity contribution in [3.63, 3.8) is 0 Å². The molecule has 1 atom stereocenters. The van der Waals surface area contributed by atoms with Crippen molar-refractivity contribution in [2.45, 2.75) is 51.0 Å². The van der Waals surface area contributed by atoms with E-state index < -0.39 is 0 Å². The summed E-state index contributed by atoms with van der Waals surface area (Å²) in [6.45, 7) is 2.55. The quantitative estimate of drug-likeness (QED) is 0.576. The SMILES string of the molecule is O=C1OC(CCNCCNc2ccccc2Cl)CC12CCCCC2. The molecule has 1 aromatic rings. The third kappa shape index (κ3) is 4.22. The van der Waals surface area contributed by atoms with Gasteiger partial charge in [0, 0.05) is 19.5 Å². The molecule has 1 unspecified atom stereocenters. The highest BCUT2D eigenvalue weighted by molar-refractivity contribution is 6.33. The molecule has 5 heteroatoms. The van der Waals surface area contributed by atoms with E-state index in [4.69, 9.17) is 16.3 Å². The van der Waals surface area contributed by atoms with E-state index in [9.17, 15) is 4.79 Å². The molecule has 1 saturated heterocycles. The van der Waals surface area contributed by atoms with Crippen LogP contribution in [0, 0.1) is 5.41 Å². The maximum Gasteiger partial charge on any atom is 0.312 e. The van der Waals surface area contributed by atoms with E-state index in [0.717, 1.165) is 56.0 Å². The molecule has 24 heavy (non-hydrogen) atoms. The Labute approximate surface area is 149 Å². The molecule has 4 nitrogen and oxygen atoms in total. The minimum absolute atomic E-state index is 0.0626. The van der Waals surface area contributed by atoms with Crippen LogP contribution in [-0.2, 0) is 9.53 Å².